The fraction of sp³-hybridized carbons (Fsp3) is 0.833. The molecule has 0 atom stereocenters. The van der Waals surface area contributed by atoms with Crippen molar-refractivity contribution in [2.24, 2.45) is 0 Å². The Morgan fingerprint density at radius 3 is 2.05 bits per heavy atom. The summed E-state index contributed by atoms with van der Waals surface area (Å²) in [7, 11) is 0. The van der Waals surface area contributed by atoms with Gasteiger partial charge < -0.3 is 4.74 Å². The first-order chi connectivity index (χ1) is 9.81. The minimum Gasteiger partial charge on any atom is -0.466 e. The quantitative estimate of drug-likeness (QED) is 0.228. The summed E-state index contributed by atoms with van der Waals surface area (Å²) in [6.45, 7) is 4.94. The van der Waals surface area contributed by atoms with Gasteiger partial charge in [0.05, 0.1) is 6.61 Å². The standard InChI is InChI=1S/C18H34O2/c1-3-5-7-8-9-10-11-12-13-14-15-16-18(19)20-17-6-4-2/h9-10H,3-8,11-17H2,1-2H3. The van der Waals surface area contributed by atoms with E-state index >= 15 is 0 Å². The van der Waals surface area contributed by atoms with Gasteiger partial charge in [0.15, 0.2) is 0 Å². The van der Waals surface area contributed by atoms with E-state index in [2.05, 4.69) is 26.0 Å². The van der Waals surface area contributed by atoms with Gasteiger partial charge in [0.2, 0.25) is 0 Å². The Bertz CT molecular complexity index is 234. The summed E-state index contributed by atoms with van der Waals surface area (Å²) in [6.07, 6.45) is 18.3. The first kappa shape index (κ1) is 19.2. The monoisotopic (exact) mass is 282 g/mol. The van der Waals surface area contributed by atoms with Gasteiger partial charge in [-0.25, -0.2) is 0 Å². The number of rotatable bonds is 14. The van der Waals surface area contributed by atoms with Crippen LogP contribution in [0, 0.1) is 0 Å². The average Bonchev–Trinajstić information content (AvgIpc) is 2.45. The number of allylic oxidation sites excluding steroid dienone is 2. The second-order valence-corrected chi connectivity index (χ2v) is 5.49. The van der Waals surface area contributed by atoms with Gasteiger partial charge in [-0.2, -0.15) is 0 Å². The van der Waals surface area contributed by atoms with Crippen molar-refractivity contribution in [3.63, 3.8) is 0 Å². The third kappa shape index (κ3) is 15.3. The highest BCUT2D eigenvalue weighted by molar-refractivity contribution is 5.69. The molecular weight excluding hydrogens is 248 g/mol. The zero-order valence-corrected chi connectivity index (χ0v) is 13.7. The molecule has 0 bridgehead atoms. The van der Waals surface area contributed by atoms with E-state index in [4.69, 9.17) is 4.74 Å². The molecule has 0 amide bonds. The van der Waals surface area contributed by atoms with Crippen LogP contribution in [-0.2, 0) is 9.53 Å². The summed E-state index contributed by atoms with van der Waals surface area (Å²) in [5, 5.41) is 0. The van der Waals surface area contributed by atoms with Crippen molar-refractivity contribution in [1.82, 2.24) is 0 Å². The molecule has 0 N–H and O–H groups in total. The summed E-state index contributed by atoms with van der Waals surface area (Å²) in [5.41, 5.74) is 0. The van der Waals surface area contributed by atoms with E-state index in [1.54, 1.807) is 0 Å². The molecule has 2 heteroatoms. The minimum absolute atomic E-state index is 0.0192. The molecule has 0 spiro atoms. The molecule has 0 unspecified atom stereocenters. The predicted molar refractivity (Wildman–Crippen MR) is 86.9 cm³/mol. The number of hydrogen-bond donors (Lipinski definition) is 0. The van der Waals surface area contributed by atoms with Crippen molar-refractivity contribution in [1.29, 1.82) is 0 Å². The molecule has 0 rings (SSSR count). The lowest BCUT2D eigenvalue weighted by Crippen LogP contribution is -2.05. The fourth-order valence-electron chi connectivity index (χ4n) is 2.04. The van der Waals surface area contributed by atoms with Crippen LogP contribution < -0.4 is 0 Å². The number of carbonyl (C=O) groups excluding carboxylic acids is 1. The van der Waals surface area contributed by atoms with Gasteiger partial charge in [-0.3, -0.25) is 4.79 Å². The Hall–Kier alpha value is -0.790. The Morgan fingerprint density at radius 2 is 1.40 bits per heavy atom. The molecule has 0 aromatic carbocycles. The SMILES string of the molecule is CCCCCC=CCCCCCCC(=O)OCCCC. The predicted octanol–water partition coefficient (Wildman–Crippen LogP) is 5.81. The van der Waals surface area contributed by atoms with Crippen LogP contribution in [-0.4, -0.2) is 12.6 Å². The maximum absolute atomic E-state index is 11.3. The number of esters is 1. The molecule has 0 heterocycles. The molecule has 118 valence electrons. The van der Waals surface area contributed by atoms with E-state index in [-0.39, 0.29) is 5.97 Å². The smallest absolute Gasteiger partial charge is 0.305 e. The highest BCUT2D eigenvalue weighted by Gasteiger charge is 2.01. The molecular formula is C18H34O2. The molecule has 20 heavy (non-hydrogen) atoms. The van der Waals surface area contributed by atoms with Gasteiger partial charge in [-0.1, -0.05) is 58.1 Å². The third-order valence-electron chi connectivity index (χ3n) is 3.40. The van der Waals surface area contributed by atoms with Crippen molar-refractivity contribution in [3.8, 4) is 0 Å². The van der Waals surface area contributed by atoms with Crippen LogP contribution >= 0.6 is 0 Å². The summed E-state index contributed by atoms with van der Waals surface area (Å²) >= 11 is 0. The largest absolute Gasteiger partial charge is 0.466 e. The molecule has 0 aromatic heterocycles. The van der Waals surface area contributed by atoms with Crippen molar-refractivity contribution >= 4 is 5.97 Å². The maximum Gasteiger partial charge on any atom is 0.305 e. The summed E-state index contributed by atoms with van der Waals surface area (Å²) in [5.74, 6) is -0.0192. The summed E-state index contributed by atoms with van der Waals surface area (Å²) in [6, 6.07) is 0. The topological polar surface area (TPSA) is 26.3 Å². The van der Waals surface area contributed by atoms with E-state index in [1.165, 1.54) is 44.9 Å². The lowest BCUT2D eigenvalue weighted by Gasteiger charge is -2.03. The highest BCUT2D eigenvalue weighted by Crippen LogP contribution is 2.08. The van der Waals surface area contributed by atoms with Crippen molar-refractivity contribution < 1.29 is 9.53 Å². The number of ether oxygens (including phenoxy) is 1. The van der Waals surface area contributed by atoms with Crippen LogP contribution in [0.4, 0.5) is 0 Å². The average molecular weight is 282 g/mol. The second-order valence-electron chi connectivity index (χ2n) is 5.49. The van der Waals surface area contributed by atoms with Crippen LogP contribution in [0.15, 0.2) is 12.2 Å². The van der Waals surface area contributed by atoms with E-state index in [0.717, 1.165) is 25.7 Å². The molecule has 0 saturated heterocycles. The van der Waals surface area contributed by atoms with Crippen LogP contribution in [0.25, 0.3) is 0 Å². The summed E-state index contributed by atoms with van der Waals surface area (Å²) in [4.78, 5) is 11.3. The van der Waals surface area contributed by atoms with Gasteiger partial charge in [-0.05, 0) is 38.5 Å². The lowest BCUT2D eigenvalue weighted by atomic mass is 10.1. The van der Waals surface area contributed by atoms with E-state index in [0.29, 0.717) is 13.0 Å². The van der Waals surface area contributed by atoms with Gasteiger partial charge in [-0.15, -0.1) is 0 Å². The Balaban J connectivity index is 3.17. The zero-order chi connectivity index (χ0) is 14.9. The van der Waals surface area contributed by atoms with Gasteiger partial charge >= 0.3 is 5.97 Å². The molecule has 0 radical (unpaired) electrons. The third-order valence-corrected chi connectivity index (χ3v) is 3.40. The van der Waals surface area contributed by atoms with Crippen LogP contribution in [0.1, 0.15) is 90.9 Å². The first-order valence-electron chi connectivity index (χ1n) is 8.61. The van der Waals surface area contributed by atoms with Crippen molar-refractivity contribution in [2.75, 3.05) is 6.61 Å². The van der Waals surface area contributed by atoms with Crippen molar-refractivity contribution in [3.05, 3.63) is 12.2 Å². The van der Waals surface area contributed by atoms with Crippen LogP contribution in [0.3, 0.4) is 0 Å². The van der Waals surface area contributed by atoms with E-state index in [1.807, 2.05) is 0 Å². The number of unbranched alkanes of at least 4 members (excludes halogenated alkanes) is 8. The molecule has 0 aliphatic heterocycles. The van der Waals surface area contributed by atoms with Crippen molar-refractivity contribution in [2.45, 2.75) is 90.9 Å². The zero-order valence-electron chi connectivity index (χ0n) is 13.7. The summed E-state index contributed by atoms with van der Waals surface area (Å²) < 4.78 is 5.12. The van der Waals surface area contributed by atoms with E-state index < -0.39 is 0 Å². The number of hydrogen-bond acceptors (Lipinski definition) is 2. The van der Waals surface area contributed by atoms with Crippen LogP contribution in [0.5, 0.6) is 0 Å². The maximum atomic E-state index is 11.3. The molecule has 2 nitrogen and oxygen atoms in total. The van der Waals surface area contributed by atoms with Gasteiger partial charge in [0, 0.05) is 6.42 Å². The molecule has 0 aliphatic carbocycles. The van der Waals surface area contributed by atoms with Gasteiger partial charge in [0.25, 0.3) is 0 Å². The Labute approximate surface area is 126 Å². The second kappa shape index (κ2) is 16.3. The minimum atomic E-state index is -0.0192. The Morgan fingerprint density at radius 1 is 0.800 bits per heavy atom. The number of carbonyl (C=O) groups is 1. The van der Waals surface area contributed by atoms with Gasteiger partial charge in [0.1, 0.15) is 0 Å². The molecule has 0 saturated carbocycles. The lowest BCUT2D eigenvalue weighted by molar-refractivity contribution is -0.143. The van der Waals surface area contributed by atoms with E-state index in [9.17, 15) is 4.79 Å². The first-order valence-corrected chi connectivity index (χ1v) is 8.61. The molecule has 0 aromatic rings. The molecule has 0 aliphatic rings. The normalized spacial score (nSPS) is 11.1. The van der Waals surface area contributed by atoms with Crippen LogP contribution in [0.2, 0.25) is 0 Å². The fourth-order valence-corrected chi connectivity index (χ4v) is 2.04. The Kier molecular flexibility index (Phi) is 15.6. The highest BCUT2D eigenvalue weighted by atomic mass is 16.5. The molecule has 0 fully saturated rings.